The maximum absolute atomic E-state index is 13.9. The Balaban J connectivity index is 1.52. The van der Waals surface area contributed by atoms with Crippen molar-refractivity contribution in [3.05, 3.63) is 60.0 Å². The van der Waals surface area contributed by atoms with Crippen molar-refractivity contribution in [3.8, 4) is 23.1 Å². The van der Waals surface area contributed by atoms with Gasteiger partial charge in [0.1, 0.15) is 11.6 Å². The first-order chi connectivity index (χ1) is 14.7. The summed E-state index contributed by atoms with van der Waals surface area (Å²) in [6.07, 6.45) is 8.76. The van der Waals surface area contributed by atoms with Crippen molar-refractivity contribution in [3.63, 3.8) is 0 Å². The molecule has 0 aliphatic carbocycles. The Morgan fingerprint density at radius 1 is 1.03 bits per heavy atom. The van der Waals surface area contributed by atoms with Crippen LogP contribution in [0.15, 0.2) is 57.9 Å². The van der Waals surface area contributed by atoms with Gasteiger partial charge in [-0.1, -0.05) is 51.2 Å². The molecule has 0 saturated carbocycles. The van der Waals surface area contributed by atoms with Crippen LogP contribution in [0.25, 0.3) is 11.5 Å². The maximum Gasteiger partial charge on any atom is 0.312 e. The second-order valence-electron chi connectivity index (χ2n) is 7.06. The van der Waals surface area contributed by atoms with Crippen LogP contribution in [0.1, 0.15) is 51.1 Å². The molecule has 0 saturated heterocycles. The molecule has 1 aromatic heterocycles. The van der Waals surface area contributed by atoms with Crippen molar-refractivity contribution in [2.24, 2.45) is 4.99 Å². The first kappa shape index (κ1) is 21.6. The molecule has 0 spiro atoms. The summed E-state index contributed by atoms with van der Waals surface area (Å²) in [5.74, 6) is -0.0752. The van der Waals surface area contributed by atoms with Gasteiger partial charge in [-0.15, -0.1) is 0 Å². The van der Waals surface area contributed by atoms with Gasteiger partial charge in [0.05, 0.1) is 24.1 Å². The predicted octanol–water partition coefficient (Wildman–Crippen LogP) is 6.68. The van der Waals surface area contributed by atoms with Crippen LogP contribution in [-0.4, -0.2) is 22.9 Å². The number of nitrogens with zero attached hydrogens (tertiary/aromatic N) is 2. The molecule has 1 heterocycles. The number of benzene rings is 2. The lowest BCUT2D eigenvalue weighted by atomic mass is 10.1. The molecule has 0 unspecified atom stereocenters. The minimum atomic E-state index is -0.473. The first-order valence-corrected chi connectivity index (χ1v) is 10.4. The van der Waals surface area contributed by atoms with Gasteiger partial charge in [-0.05, 0) is 42.8 Å². The van der Waals surface area contributed by atoms with Gasteiger partial charge in [0.2, 0.25) is 5.89 Å². The zero-order valence-electron chi connectivity index (χ0n) is 17.2. The second kappa shape index (κ2) is 11.1. The summed E-state index contributed by atoms with van der Waals surface area (Å²) in [6.45, 7) is 2.93. The van der Waals surface area contributed by atoms with E-state index < -0.39 is 11.8 Å². The van der Waals surface area contributed by atoms with Crippen LogP contribution in [0, 0.1) is 5.82 Å². The lowest BCUT2D eigenvalue weighted by molar-refractivity contribution is 0.304. The van der Waals surface area contributed by atoms with E-state index in [1.165, 1.54) is 50.5 Å². The molecule has 0 atom stereocenters. The van der Waals surface area contributed by atoms with Gasteiger partial charge in [-0.3, -0.25) is 4.99 Å². The highest BCUT2D eigenvalue weighted by Crippen LogP contribution is 2.28. The molecule has 2 aromatic carbocycles. The molecule has 0 radical (unpaired) electrons. The third kappa shape index (κ3) is 6.17. The number of oxazole rings is 1. The van der Waals surface area contributed by atoms with Crippen LogP contribution in [0.4, 0.5) is 10.1 Å². The number of hydrogen-bond donors (Lipinski definition) is 1. The molecule has 3 aromatic rings. The Kier molecular flexibility index (Phi) is 8.01. The van der Waals surface area contributed by atoms with Gasteiger partial charge in [-0.2, -0.15) is 0 Å². The van der Waals surface area contributed by atoms with E-state index >= 15 is 0 Å². The summed E-state index contributed by atoms with van der Waals surface area (Å²) in [4.78, 5) is 8.41. The van der Waals surface area contributed by atoms with Crippen LogP contribution in [0.5, 0.6) is 11.7 Å². The van der Waals surface area contributed by atoms with E-state index in [9.17, 15) is 9.50 Å². The molecule has 30 heavy (non-hydrogen) atoms. The van der Waals surface area contributed by atoms with E-state index in [1.807, 2.05) is 24.3 Å². The second-order valence-corrected chi connectivity index (χ2v) is 7.06. The summed E-state index contributed by atoms with van der Waals surface area (Å²) < 4.78 is 24.8. The highest BCUT2D eigenvalue weighted by atomic mass is 19.1. The number of ether oxygens (including phenoxy) is 1. The maximum atomic E-state index is 13.9. The van der Waals surface area contributed by atoms with E-state index in [4.69, 9.17) is 9.15 Å². The zero-order chi connectivity index (χ0) is 21.2. The molecule has 0 aliphatic heterocycles. The molecule has 0 aliphatic rings. The molecule has 0 bridgehead atoms. The normalized spacial score (nSPS) is 11.3. The SMILES string of the molecule is CCCCCCCCOc1ccc(N=Cc2nc(-c3ccccc3F)oc2O)cc1. The molecule has 6 heteroatoms. The number of aromatic hydroxyl groups is 1. The fourth-order valence-electron chi connectivity index (χ4n) is 2.99. The number of halogens is 1. The number of aliphatic imine (C=N–C) groups is 1. The quantitative estimate of drug-likeness (QED) is 0.283. The third-order valence-corrected chi connectivity index (χ3v) is 4.68. The Morgan fingerprint density at radius 3 is 2.53 bits per heavy atom. The molecule has 0 fully saturated rings. The van der Waals surface area contributed by atoms with E-state index in [1.54, 1.807) is 12.1 Å². The van der Waals surface area contributed by atoms with Crippen molar-refractivity contribution in [2.75, 3.05) is 6.61 Å². The van der Waals surface area contributed by atoms with Crippen molar-refractivity contribution in [1.82, 2.24) is 4.98 Å². The van der Waals surface area contributed by atoms with E-state index in [-0.39, 0.29) is 17.1 Å². The zero-order valence-corrected chi connectivity index (χ0v) is 17.2. The number of unbranched alkanes of at least 4 members (excludes halogenated alkanes) is 5. The van der Waals surface area contributed by atoms with Gasteiger partial charge in [0, 0.05) is 0 Å². The van der Waals surface area contributed by atoms with Crippen LogP contribution in [0.2, 0.25) is 0 Å². The van der Waals surface area contributed by atoms with Crippen LogP contribution in [-0.2, 0) is 0 Å². The summed E-state index contributed by atoms with van der Waals surface area (Å²) in [5, 5.41) is 9.93. The Bertz CT molecular complexity index is 951. The highest BCUT2D eigenvalue weighted by Gasteiger charge is 2.15. The molecule has 158 valence electrons. The fourth-order valence-corrected chi connectivity index (χ4v) is 2.99. The molecule has 1 N–H and O–H groups in total. The number of hydrogen-bond acceptors (Lipinski definition) is 5. The molecule has 5 nitrogen and oxygen atoms in total. The number of aromatic nitrogens is 1. The van der Waals surface area contributed by atoms with Crippen LogP contribution >= 0.6 is 0 Å². The fraction of sp³-hybridized carbons (Fsp3) is 0.333. The standard InChI is InChI=1S/C24H27FN2O3/c1-2-3-4-5-6-9-16-29-19-14-12-18(13-15-19)26-17-22-24(28)30-23(27-22)20-10-7-8-11-21(20)25/h7-8,10-15,17,28H,2-6,9,16H2,1H3. The Morgan fingerprint density at radius 2 is 1.77 bits per heavy atom. The Hall–Kier alpha value is -3.15. The minimum absolute atomic E-state index is 0.00509. The van der Waals surface area contributed by atoms with Gasteiger partial charge in [-0.25, -0.2) is 9.37 Å². The molecule has 0 amide bonds. The minimum Gasteiger partial charge on any atom is -0.494 e. The van der Waals surface area contributed by atoms with Crippen LogP contribution in [0.3, 0.4) is 0 Å². The van der Waals surface area contributed by atoms with E-state index in [2.05, 4.69) is 16.9 Å². The Labute approximate surface area is 176 Å². The lowest BCUT2D eigenvalue weighted by Gasteiger charge is -2.06. The highest BCUT2D eigenvalue weighted by molar-refractivity contribution is 5.83. The van der Waals surface area contributed by atoms with Crippen molar-refractivity contribution in [1.29, 1.82) is 0 Å². The largest absolute Gasteiger partial charge is 0.494 e. The topological polar surface area (TPSA) is 67.9 Å². The van der Waals surface area contributed by atoms with Crippen molar-refractivity contribution in [2.45, 2.75) is 45.4 Å². The molecule has 3 rings (SSSR count). The molecular formula is C24H27FN2O3. The summed E-state index contributed by atoms with van der Waals surface area (Å²) in [6, 6.07) is 13.4. The summed E-state index contributed by atoms with van der Waals surface area (Å²) in [7, 11) is 0. The summed E-state index contributed by atoms with van der Waals surface area (Å²) >= 11 is 0. The lowest BCUT2D eigenvalue weighted by Crippen LogP contribution is -1.96. The average molecular weight is 410 g/mol. The van der Waals surface area contributed by atoms with E-state index in [0.717, 1.165) is 12.2 Å². The average Bonchev–Trinajstić information content (AvgIpc) is 3.13. The summed E-state index contributed by atoms with van der Waals surface area (Å²) in [5.41, 5.74) is 0.993. The van der Waals surface area contributed by atoms with E-state index in [0.29, 0.717) is 12.3 Å². The monoisotopic (exact) mass is 410 g/mol. The van der Waals surface area contributed by atoms with Crippen molar-refractivity contribution < 1.29 is 18.7 Å². The van der Waals surface area contributed by atoms with Gasteiger partial charge < -0.3 is 14.3 Å². The van der Waals surface area contributed by atoms with Gasteiger partial charge in [0.15, 0.2) is 5.69 Å². The van der Waals surface area contributed by atoms with Crippen LogP contribution < -0.4 is 4.74 Å². The van der Waals surface area contributed by atoms with Crippen molar-refractivity contribution >= 4 is 11.9 Å². The number of rotatable bonds is 11. The first-order valence-electron chi connectivity index (χ1n) is 10.4. The third-order valence-electron chi connectivity index (χ3n) is 4.68. The van der Waals surface area contributed by atoms with Gasteiger partial charge >= 0.3 is 5.95 Å². The smallest absolute Gasteiger partial charge is 0.312 e. The van der Waals surface area contributed by atoms with Gasteiger partial charge in [0.25, 0.3) is 0 Å². The molecular weight excluding hydrogens is 383 g/mol. The predicted molar refractivity (Wildman–Crippen MR) is 116 cm³/mol.